The van der Waals surface area contributed by atoms with Crippen molar-refractivity contribution < 1.29 is 14.2 Å². The summed E-state index contributed by atoms with van der Waals surface area (Å²) < 4.78 is 17.0. The summed E-state index contributed by atoms with van der Waals surface area (Å²) in [6.45, 7) is 8.12. The van der Waals surface area contributed by atoms with Crippen LogP contribution in [0.1, 0.15) is 46.0 Å². The van der Waals surface area contributed by atoms with E-state index in [2.05, 4.69) is 10.6 Å². The molecular formula is C22H35N3O3. The maximum atomic E-state index is 5.73. The summed E-state index contributed by atoms with van der Waals surface area (Å²) in [7, 11) is 0. The molecule has 0 aromatic heterocycles. The number of ether oxygens (including phenoxy) is 3. The van der Waals surface area contributed by atoms with E-state index in [-0.39, 0.29) is 6.10 Å². The van der Waals surface area contributed by atoms with Gasteiger partial charge >= 0.3 is 0 Å². The first-order chi connectivity index (χ1) is 13.7. The minimum atomic E-state index is 0.179. The van der Waals surface area contributed by atoms with E-state index in [0.717, 1.165) is 68.9 Å². The van der Waals surface area contributed by atoms with Crippen molar-refractivity contribution in [1.82, 2.24) is 5.32 Å². The summed E-state index contributed by atoms with van der Waals surface area (Å²) in [6.07, 6.45) is 6.31. The molecule has 0 amide bonds. The van der Waals surface area contributed by atoms with Crippen molar-refractivity contribution in [2.75, 3.05) is 38.2 Å². The lowest BCUT2D eigenvalue weighted by molar-refractivity contribution is 0.0168. The molecule has 1 heterocycles. The van der Waals surface area contributed by atoms with Crippen LogP contribution in [0.5, 0.6) is 5.75 Å². The predicted octanol–water partition coefficient (Wildman–Crippen LogP) is 3.83. The van der Waals surface area contributed by atoms with Crippen molar-refractivity contribution in [1.29, 1.82) is 0 Å². The van der Waals surface area contributed by atoms with Gasteiger partial charge < -0.3 is 24.8 Å². The fourth-order valence-corrected chi connectivity index (χ4v) is 3.06. The van der Waals surface area contributed by atoms with Crippen LogP contribution in [0.4, 0.5) is 5.69 Å². The van der Waals surface area contributed by atoms with Crippen molar-refractivity contribution in [3.63, 3.8) is 0 Å². The Hall–Kier alpha value is -1.79. The van der Waals surface area contributed by atoms with Gasteiger partial charge in [-0.2, -0.15) is 0 Å². The summed E-state index contributed by atoms with van der Waals surface area (Å²) in [4.78, 5) is 4.74. The van der Waals surface area contributed by atoms with Crippen molar-refractivity contribution in [3.8, 4) is 5.75 Å². The van der Waals surface area contributed by atoms with Crippen LogP contribution < -0.4 is 15.4 Å². The highest BCUT2D eigenvalue weighted by Crippen LogP contribution is 2.28. The molecule has 6 heteroatoms. The van der Waals surface area contributed by atoms with Crippen LogP contribution in [0, 0.1) is 5.92 Å². The highest BCUT2D eigenvalue weighted by Gasteiger charge is 2.20. The van der Waals surface area contributed by atoms with E-state index in [1.807, 2.05) is 38.1 Å². The molecule has 1 saturated heterocycles. The van der Waals surface area contributed by atoms with E-state index in [1.165, 1.54) is 12.8 Å². The average molecular weight is 390 g/mol. The van der Waals surface area contributed by atoms with Crippen molar-refractivity contribution in [2.24, 2.45) is 10.9 Å². The maximum absolute atomic E-state index is 5.73. The Kier molecular flexibility index (Phi) is 8.42. The van der Waals surface area contributed by atoms with Crippen LogP contribution in [0.3, 0.4) is 0 Å². The molecule has 156 valence electrons. The smallest absolute Gasteiger partial charge is 0.195 e. The average Bonchev–Trinajstić information content (AvgIpc) is 3.36. The van der Waals surface area contributed by atoms with E-state index in [1.54, 1.807) is 0 Å². The summed E-state index contributed by atoms with van der Waals surface area (Å²) in [5.41, 5.74) is 1.01. The summed E-state index contributed by atoms with van der Waals surface area (Å²) in [6, 6.07) is 8.02. The van der Waals surface area contributed by atoms with Gasteiger partial charge in [-0.1, -0.05) is 0 Å². The van der Waals surface area contributed by atoms with Crippen LogP contribution >= 0.6 is 0 Å². The number of nitrogens with one attached hydrogen (secondary N) is 2. The first-order valence-corrected chi connectivity index (χ1v) is 10.7. The minimum absolute atomic E-state index is 0.179. The molecule has 0 bridgehead atoms. The summed E-state index contributed by atoms with van der Waals surface area (Å²) in [5, 5.41) is 6.82. The van der Waals surface area contributed by atoms with Gasteiger partial charge in [-0.15, -0.1) is 0 Å². The second-order valence-corrected chi connectivity index (χ2v) is 7.94. The van der Waals surface area contributed by atoms with Gasteiger partial charge in [-0.3, -0.25) is 4.99 Å². The molecule has 1 aromatic rings. The van der Waals surface area contributed by atoms with Crippen LogP contribution in [-0.2, 0) is 9.47 Å². The van der Waals surface area contributed by atoms with Crippen LogP contribution in [0.15, 0.2) is 29.3 Å². The molecule has 2 N–H and O–H groups in total. The van der Waals surface area contributed by atoms with E-state index in [9.17, 15) is 0 Å². The van der Waals surface area contributed by atoms with Gasteiger partial charge in [0.1, 0.15) is 5.75 Å². The molecule has 28 heavy (non-hydrogen) atoms. The third kappa shape index (κ3) is 8.07. The Balaban J connectivity index is 1.39. The first-order valence-electron chi connectivity index (χ1n) is 10.7. The van der Waals surface area contributed by atoms with Gasteiger partial charge in [0.2, 0.25) is 0 Å². The molecular weight excluding hydrogens is 354 g/mol. The number of aliphatic imine (C=N–C) groups is 1. The minimum Gasteiger partial charge on any atom is -0.491 e. The Bertz CT molecular complexity index is 594. The normalized spacial score (nSPS) is 19.8. The van der Waals surface area contributed by atoms with E-state index < -0.39 is 0 Å². The van der Waals surface area contributed by atoms with Gasteiger partial charge in [-0.25, -0.2) is 0 Å². The monoisotopic (exact) mass is 389 g/mol. The molecule has 3 rings (SSSR count). The molecule has 1 atom stereocenters. The van der Waals surface area contributed by atoms with Gasteiger partial charge in [0.25, 0.3) is 0 Å². The lowest BCUT2D eigenvalue weighted by Gasteiger charge is -2.14. The SMILES string of the molecule is CC(C)Oc1ccc(NC(=NCC2CC2)NCCCOCC2CCCO2)cc1. The predicted molar refractivity (Wildman–Crippen MR) is 113 cm³/mol. The zero-order valence-electron chi connectivity index (χ0n) is 17.3. The third-order valence-corrected chi connectivity index (χ3v) is 4.78. The molecule has 2 fully saturated rings. The molecule has 2 aliphatic rings. The molecule has 0 radical (unpaired) electrons. The largest absolute Gasteiger partial charge is 0.491 e. The fraction of sp³-hybridized carbons (Fsp3) is 0.682. The van der Waals surface area contributed by atoms with Gasteiger partial charge in [0, 0.05) is 32.0 Å². The third-order valence-electron chi connectivity index (χ3n) is 4.78. The van der Waals surface area contributed by atoms with E-state index >= 15 is 0 Å². The zero-order chi connectivity index (χ0) is 19.6. The molecule has 1 aromatic carbocycles. The second kappa shape index (κ2) is 11.3. The Labute approximate surface area is 169 Å². The lowest BCUT2D eigenvalue weighted by atomic mass is 10.2. The molecule has 1 aliphatic heterocycles. The second-order valence-electron chi connectivity index (χ2n) is 7.94. The fourth-order valence-electron chi connectivity index (χ4n) is 3.06. The number of anilines is 1. The highest BCUT2D eigenvalue weighted by atomic mass is 16.5. The Morgan fingerprint density at radius 3 is 2.71 bits per heavy atom. The number of guanidine groups is 1. The molecule has 1 unspecified atom stereocenters. The van der Waals surface area contributed by atoms with Gasteiger partial charge in [0.05, 0.1) is 18.8 Å². The highest BCUT2D eigenvalue weighted by molar-refractivity contribution is 5.93. The maximum Gasteiger partial charge on any atom is 0.195 e. The van der Waals surface area contributed by atoms with E-state index in [4.69, 9.17) is 19.2 Å². The number of hydrogen-bond acceptors (Lipinski definition) is 4. The van der Waals surface area contributed by atoms with Gasteiger partial charge in [-0.05, 0) is 76.1 Å². The molecule has 6 nitrogen and oxygen atoms in total. The van der Waals surface area contributed by atoms with Gasteiger partial charge in [0.15, 0.2) is 5.96 Å². The van der Waals surface area contributed by atoms with Crippen LogP contribution in [0.25, 0.3) is 0 Å². The number of rotatable bonds is 11. The summed E-state index contributed by atoms with van der Waals surface area (Å²) >= 11 is 0. The Morgan fingerprint density at radius 2 is 2.04 bits per heavy atom. The standard InChI is InChI=1S/C22H35N3O3/c1-17(2)28-20-10-8-19(9-11-20)25-22(24-15-18-6-7-18)23-12-4-13-26-16-21-5-3-14-27-21/h8-11,17-18,21H,3-7,12-16H2,1-2H3,(H2,23,24,25). The summed E-state index contributed by atoms with van der Waals surface area (Å²) in [5.74, 6) is 2.48. The van der Waals surface area contributed by atoms with Crippen LogP contribution in [-0.4, -0.2) is 51.1 Å². The zero-order valence-corrected chi connectivity index (χ0v) is 17.3. The van der Waals surface area contributed by atoms with Crippen molar-refractivity contribution in [3.05, 3.63) is 24.3 Å². The van der Waals surface area contributed by atoms with Crippen molar-refractivity contribution in [2.45, 2.75) is 58.2 Å². The molecule has 1 saturated carbocycles. The molecule has 0 spiro atoms. The number of nitrogens with zero attached hydrogens (tertiary/aromatic N) is 1. The van der Waals surface area contributed by atoms with E-state index in [0.29, 0.717) is 12.7 Å². The van der Waals surface area contributed by atoms with Crippen molar-refractivity contribution >= 4 is 11.6 Å². The Morgan fingerprint density at radius 1 is 1.21 bits per heavy atom. The number of benzene rings is 1. The lowest BCUT2D eigenvalue weighted by Crippen LogP contribution is -2.32. The van der Waals surface area contributed by atoms with Crippen LogP contribution in [0.2, 0.25) is 0 Å². The molecule has 1 aliphatic carbocycles. The topological polar surface area (TPSA) is 64.1 Å². The number of hydrogen-bond donors (Lipinski definition) is 2. The first kappa shape index (κ1) is 20.9. The quantitative estimate of drug-likeness (QED) is 0.342.